The molecule has 0 saturated carbocycles. The number of aromatic nitrogens is 1. The van der Waals surface area contributed by atoms with Crippen LogP contribution in [0.1, 0.15) is 31.1 Å². The molecule has 0 aliphatic carbocycles. The highest BCUT2D eigenvalue weighted by atomic mass is 32.2. The number of hydrogen-bond donors (Lipinski definition) is 1. The van der Waals surface area contributed by atoms with Crippen LogP contribution >= 0.6 is 0 Å². The smallest absolute Gasteiger partial charge is 0.410 e. The number of carbonyl (C=O) groups excluding carboxylic acids is 2. The Labute approximate surface area is 221 Å². The van der Waals surface area contributed by atoms with Crippen LogP contribution in [0.25, 0.3) is 22.0 Å². The number of hydrogen-bond acceptors (Lipinski definition) is 5. The Morgan fingerprint density at radius 1 is 0.895 bits per heavy atom. The Bertz CT molecular complexity index is 1600. The van der Waals surface area contributed by atoms with E-state index in [1.165, 1.54) is 33.1 Å². The number of carbonyl (C=O) groups is 2. The summed E-state index contributed by atoms with van der Waals surface area (Å²) in [6.07, 6.45) is 1.23. The summed E-state index contributed by atoms with van der Waals surface area (Å²) in [5.74, 6) is -0.333. The number of para-hydroxylation sites is 1. The van der Waals surface area contributed by atoms with Gasteiger partial charge < -0.3 is 15.0 Å². The predicted molar refractivity (Wildman–Crippen MR) is 145 cm³/mol. The minimum Gasteiger partial charge on any atom is -0.444 e. The summed E-state index contributed by atoms with van der Waals surface area (Å²) in [6.45, 7) is 6.12. The van der Waals surface area contributed by atoms with Crippen LogP contribution in [0.5, 0.6) is 0 Å². The van der Waals surface area contributed by atoms with E-state index in [4.69, 9.17) is 4.74 Å². The molecule has 1 aliphatic rings. The van der Waals surface area contributed by atoms with E-state index in [2.05, 4.69) is 5.32 Å². The molecule has 1 aromatic heterocycles. The van der Waals surface area contributed by atoms with Crippen LogP contribution in [0.3, 0.4) is 0 Å². The van der Waals surface area contributed by atoms with Gasteiger partial charge in [0.15, 0.2) is 0 Å². The quantitative estimate of drug-likeness (QED) is 0.395. The van der Waals surface area contributed by atoms with Gasteiger partial charge in [-0.2, -0.15) is 0 Å². The molecule has 0 spiro atoms. The van der Waals surface area contributed by atoms with Gasteiger partial charge in [0, 0.05) is 35.8 Å². The third-order valence-corrected chi connectivity index (χ3v) is 7.99. The van der Waals surface area contributed by atoms with Crippen molar-refractivity contribution in [2.75, 3.05) is 13.1 Å². The molecule has 1 N–H and O–H groups in total. The van der Waals surface area contributed by atoms with E-state index >= 15 is 0 Å². The highest BCUT2D eigenvalue weighted by Gasteiger charge is 2.34. The second-order valence-electron chi connectivity index (χ2n) is 10.3. The first-order chi connectivity index (χ1) is 18.0. The number of nitrogens with one attached hydrogen (secondary N) is 1. The van der Waals surface area contributed by atoms with E-state index in [9.17, 15) is 18.0 Å². The third-order valence-electron chi connectivity index (χ3n) is 6.30. The molecule has 0 atom stereocenters. The van der Waals surface area contributed by atoms with Gasteiger partial charge in [0.1, 0.15) is 5.60 Å². The molecule has 0 bridgehead atoms. The van der Waals surface area contributed by atoms with E-state index in [-0.39, 0.29) is 16.8 Å². The van der Waals surface area contributed by atoms with Crippen LogP contribution < -0.4 is 5.32 Å². The SMILES string of the molecule is CC(C)(C)OC(=O)N1CC(NC(=O)c2ccc(S(=O)(=O)n3cc(-c4ccccc4)c4ccccc43)cc2)C1. The Morgan fingerprint density at radius 2 is 1.53 bits per heavy atom. The number of amides is 2. The van der Waals surface area contributed by atoms with Gasteiger partial charge in [0.25, 0.3) is 15.9 Å². The van der Waals surface area contributed by atoms with Crippen LogP contribution in [0.15, 0.2) is 90.0 Å². The van der Waals surface area contributed by atoms with Crippen molar-refractivity contribution >= 4 is 32.9 Å². The van der Waals surface area contributed by atoms with Crippen molar-refractivity contribution in [3.63, 3.8) is 0 Å². The lowest BCUT2D eigenvalue weighted by Gasteiger charge is -2.39. The van der Waals surface area contributed by atoms with Gasteiger partial charge in [-0.05, 0) is 56.7 Å². The molecule has 2 heterocycles. The summed E-state index contributed by atoms with van der Waals surface area (Å²) in [7, 11) is -3.92. The number of ether oxygens (including phenoxy) is 1. The molecule has 4 aromatic rings. The van der Waals surface area contributed by atoms with Gasteiger partial charge in [0.2, 0.25) is 0 Å². The second kappa shape index (κ2) is 9.64. The van der Waals surface area contributed by atoms with E-state index in [1.54, 1.807) is 39.1 Å². The van der Waals surface area contributed by atoms with Crippen molar-refractivity contribution in [1.82, 2.24) is 14.2 Å². The van der Waals surface area contributed by atoms with Crippen LogP contribution in [-0.2, 0) is 14.8 Å². The summed E-state index contributed by atoms with van der Waals surface area (Å²) in [6, 6.07) is 22.7. The average molecular weight is 532 g/mol. The fraction of sp³-hybridized carbons (Fsp3) is 0.241. The Kier molecular flexibility index (Phi) is 6.48. The standard InChI is InChI=1S/C29H29N3O5S/c1-29(2,3)37-28(34)31-17-22(18-31)30-27(33)21-13-15-23(16-14-21)38(35,36)32-19-25(20-9-5-4-6-10-20)24-11-7-8-12-26(24)32/h4-16,19,22H,17-18H2,1-3H3,(H,30,33). The van der Waals surface area contributed by atoms with Gasteiger partial charge in [0.05, 0.1) is 16.5 Å². The van der Waals surface area contributed by atoms with Crippen LogP contribution in [-0.4, -0.2) is 54.0 Å². The summed E-state index contributed by atoms with van der Waals surface area (Å²) in [4.78, 5) is 26.4. The first-order valence-electron chi connectivity index (χ1n) is 12.3. The zero-order chi connectivity index (χ0) is 27.1. The normalized spacial score (nSPS) is 14.2. The minimum atomic E-state index is -3.92. The maximum Gasteiger partial charge on any atom is 0.410 e. The van der Waals surface area contributed by atoms with E-state index in [0.717, 1.165) is 16.5 Å². The molecule has 38 heavy (non-hydrogen) atoms. The Balaban J connectivity index is 1.32. The molecule has 1 saturated heterocycles. The first-order valence-corrected chi connectivity index (χ1v) is 13.8. The summed E-state index contributed by atoms with van der Waals surface area (Å²) in [5.41, 5.74) is 2.08. The van der Waals surface area contributed by atoms with Crippen LogP contribution in [0.2, 0.25) is 0 Å². The zero-order valence-corrected chi connectivity index (χ0v) is 22.2. The predicted octanol–water partition coefficient (Wildman–Crippen LogP) is 4.89. The molecule has 8 nitrogen and oxygen atoms in total. The Hall–Kier alpha value is -4.11. The maximum atomic E-state index is 13.6. The molecule has 196 valence electrons. The van der Waals surface area contributed by atoms with Crippen molar-refractivity contribution in [2.24, 2.45) is 0 Å². The van der Waals surface area contributed by atoms with Crippen molar-refractivity contribution in [1.29, 1.82) is 0 Å². The summed E-state index contributed by atoms with van der Waals surface area (Å²) in [5, 5.41) is 3.71. The van der Waals surface area contributed by atoms with Crippen molar-refractivity contribution < 1.29 is 22.7 Å². The molecule has 3 aromatic carbocycles. The molecule has 2 amide bonds. The second-order valence-corrected chi connectivity index (χ2v) is 12.1. The van der Waals surface area contributed by atoms with Gasteiger partial charge in [-0.1, -0.05) is 48.5 Å². The summed E-state index contributed by atoms with van der Waals surface area (Å²) >= 11 is 0. The van der Waals surface area contributed by atoms with Gasteiger partial charge in [-0.25, -0.2) is 17.2 Å². The highest BCUT2D eigenvalue weighted by Crippen LogP contribution is 2.33. The monoisotopic (exact) mass is 531 g/mol. The zero-order valence-electron chi connectivity index (χ0n) is 21.4. The molecule has 1 aliphatic heterocycles. The lowest BCUT2D eigenvalue weighted by molar-refractivity contribution is 0.00533. The number of nitrogens with zero attached hydrogens (tertiary/aromatic N) is 2. The van der Waals surface area contributed by atoms with E-state index < -0.39 is 21.7 Å². The number of rotatable bonds is 5. The van der Waals surface area contributed by atoms with Gasteiger partial charge in [-0.3, -0.25) is 4.79 Å². The van der Waals surface area contributed by atoms with Crippen LogP contribution in [0, 0.1) is 0 Å². The molecule has 0 radical (unpaired) electrons. The van der Waals surface area contributed by atoms with E-state index in [1.807, 2.05) is 42.5 Å². The largest absolute Gasteiger partial charge is 0.444 e. The summed E-state index contributed by atoms with van der Waals surface area (Å²) < 4.78 is 33.9. The third kappa shape index (κ3) is 5.02. The van der Waals surface area contributed by atoms with Gasteiger partial charge in [-0.15, -0.1) is 0 Å². The van der Waals surface area contributed by atoms with Crippen LogP contribution in [0.4, 0.5) is 4.79 Å². The first kappa shape index (κ1) is 25.5. The van der Waals surface area contributed by atoms with Crippen molar-refractivity contribution in [2.45, 2.75) is 37.3 Å². The number of likely N-dealkylation sites (tertiary alicyclic amines) is 1. The molecule has 1 fully saturated rings. The fourth-order valence-corrected chi connectivity index (χ4v) is 5.77. The van der Waals surface area contributed by atoms with Crippen molar-refractivity contribution in [3.8, 4) is 11.1 Å². The topological polar surface area (TPSA) is 97.7 Å². The average Bonchev–Trinajstić information content (AvgIpc) is 3.26. The molecule has 0 unspecified atom stereocenters. The van der Waals surface area contributed by atoms with Gasteiger partial charge >= 0.3 is 6.09 Å². The Morgan fingerprint density at radius 3 is 2.18 bits per heavy atom. The lowest BCUT2D eigenvalue weighted by Crippen LogP contribution is -2.61. The molecular weight excluding hydrogens is 502 g/mol. The maximum absolute atomic E-state index is 13.6. The molecule has 9 heteroatoms. The fourth-order valence-electron chi connectivity index (χ4n) is 4.40. The number of benzene rings is 3. The minimum absolute atomic E-state index is 0.0779. The van der Waals surface area contributed by atoms with Crippen molar-refractivity contribution in [3.05, 3.63) is 90.6 Å². The molecular formula is C29H29N3O5S. The molecule has 5 rings (SSSR count). The number of fused-ring (bicyclic) bond motifs is 1. The van der Waals surface area contributed by atoms with E-state index in [0.29, 0.717) is 24.2 Å². The highest BCUT2D eigenvalue weighted by molar-refractivity contribution is 7.90. The lowest BCUT2D eigenvalue weighted by atomic mass is 10.1.